The van der Waals surface area contributed by atoms with Crippen molar-refractivity contribution in [3.63, 3.8) is 0 Å². The van der Waals surface area contributed by atoms with Crippen molar-refractivity contribution in [2.45, 2.75) is 26.7 Å². The molecule has 1 rings (SSSR count). The first-order valence-electron chi connectivity index (χ1n) is 4.85. The Bertz CT molecular complexity index is 383. The van der Waals surface area contributed by atoms with Gasteiger partial charge >= 0.3 is 0 Å². The van der Waals surface area contributed by atoms with Crippen LogP contribution in [0.5, 0.6) is 5.75 Å². The Labute approximate surface area is 95.2 Å². The van der Waals surface area contributed by atoms with Gasteiger partial charge in [0.25, 0.3) is 0 Å². The molecule has 0 radical (unpaired) electrons. The van der Waals surface area contributed by atoms with Gasteiger partial charge in [0.05, 0.1) is 12.7 Å². The molecular formula is C12H15ClO2. The van der Waals surface area contributed by atoms with Crippen LogP contribution in [0.3, 0.4) is 0 Å². The zero-order valence-corrected chi connectivity index (χ0v) is 10.2. The number of hydrogen-bond donors (Lipinski definition) is 0. The Morgan fingerprint density at radius 3 is 2.40 bits per heavy atom. The molecule has 0 heterocycles. The summed E-state index contributed by atoms with van der Waals surface area (Å²) < 4.78 is 5.27. The lowest BCUT2D eigenvalue weighted by Gasteiger charge is -2.15. The van der Waals surface area contributed by atoms with Crippen LogP contribution in [-0.4, -0.2) is 12.9 Å². The van der Waals surface area contributed by atoms with Gasteiger partial charge in [0.1, 0.15) is 5.75 Å². The molecule has 82 valence electrons. The first-order chi connectivity index (χ1) is 6.97. The highest BCUT2D eigenvalue weighted by Gasteiger charge is 2.16. The lowest BCUT2D eigenvalue weighted by molar-refractivity contribution is 0.101. The standard InChI is InChI=1S/C12H15ClO2/c1-7(2)10-5-9(13)6-11(8(3)14)12(10)15-4/h5-7H,1-4H3. The molecule has 0 unspecified atom stereocenters. The maximum absolute atomic E-state index is 11.4. The van der Waals surface area contributed by atoms with Gasteiger partial charge in [0.15, 0.2) is 5.78 Å². The summed E-state index contributed by atoms with van der Waals surface area (Å²) in [6.45, 7) is 5.59. The SMILES string of the molecule is COc1c(C(C)=O)cc(Cl)cc1C(C)C. The topological polar surface area (TPSA) is 26.3 Å². The predicted molar refractivity (Wildman–Crippen MR) is 62.1 cm³/mol. The monoisotopic (exact) mass is 226 g/mol. The fourth-order valence-electron chi connectivity index (χ4n) is 1.53. The predicted octanol–water partition coefficient (Wildman–Crippen LogP) is 3.67. The van der Waals surface area contributed by atoms with Gasteiger partial charge in [0, 0.05) is 5.02 Å². The second kappa shape index (κ2) is 4.67. The summed E-state index contributed by atoms with van der Waals surface area (Å²) in [6, 6.07) is 3.49. The Morgan fingerprint density at radius 2 is 2.00 bits per heavy atom. The first kappa shape index (κ1) is 12.1. The Balaban J connectivity index is 3.45. The average molecular weight is 227 g/mol. The number of halogens is 1. The van der Waals surface area contributed by atoms with Crippen LogP contribution >= 0.6 is 11.6 Å². The van der Waals surface area contributed by atoms with Crippen LogP contribution in [-0.2, 0) is 0 Å². The van der Waals surface area contributed by atoms with Crippen molar-refractivity contribution in [2.75, 3.05) is 7.11 Å². The zero-order chi connectivity index (χ0) is 11.6. The highest BCUT2D eigenvalue weighted by atomic mass is 35.5. The maximum atomic E-state index is 11.4. The van der Waals surface area contributed by atoms with Crippen LogP contribution in [0.2, 0.25) is 5.02 Å². The van der Waals surface area contributed by atoms with Crippen molar-refractivity contribution >= 4 is 17.4 Å². The van der Waals surface area contributed by atoms with E-state index in [1.807, 2.05) is 19.9 Å². The van der Waals surface area contributed by atoms with E-state index in [0.29, 0.717) is 16.3 Å². The number of methoxy groups -OCH3 is 1. The molecule has 0 bridgehead atoms. The van der Waals surface area contributed by atoms with Gasteiger partial charge in [0.2, 0.25) is 0 Å². The number of carbonyl (C=O) groups excluding carboxylic acids is 1. The maximum Gasteiger partial charge on any atom is 0.163 e. The molecule has 1 aromatic carbocycles. The van der Waals surface area contributed by atoms with Crippen LogP contribution in [0.4, 0.5) is 0 Å². The fraction of sp³-hybridized carbons (Fsp3) is 0.417. The minimum atomic E-state index is -0.0312. The van der Waals surface area contributed by atoms with Gasteiger partial charge in [-0.05, 0) is 30.5 Å². The number of ether oxygens (including phenoxy) is 1. The molecular weight excluding hydrogens is 212 g/mol. The fourth-order valence-corrected chi connectivity index (χ4v) is 1.76. The van der Waals surface area contributed by atoms with Gasteiger partial charge < -0.3 is 4.74 Å². The number of ketones is 1. The Hall–Kier alpha value is -1.02. The third kappa shape index (κ3) is 2.51. The summed E-state index contributed by atoms with van der Waals surface area (Å²) >= 11 is 5.96. The number of rotatable bonds is 3. The molecule has 0 aliphatic carbocycles. The molecule has 3 heteroatoms. The van der Waals surface area contributed by atoms with Gasteiger partial charge in [-0.25, -0.2) is 0 Å². The molecule has 0 aromatic heterocycles. The second-order valence-electron chi connectivity index (χ2n) is 3.79. The van der Waals surface area contributed by atoms with Crippen molar-refractivity contribution in [1.82, 2.24) is 0 Å². The summed E-state index contributed by atoms with van der Waals surface area (Å²) in [7, 11) is 1.57. The van der Waals surface area contributed by atoms with Crippen molar-refractivity contribution < 1.29 is 9.53 Å². The van der Waals surface area contributed by atoms with Crippen molar-refractivity contribution in [3.05, 3.63) is 28.3 Å². The van der Waals surface area contributed by atoms with Crippen LogP contribution < -0.4 is 4.74 Å². The summed E-state index contributed by atoms with van der Waals surface area (Å²) in [4.78, 5) is 11.4. The van der Waals surface area contributed by atoms with E-state index in [2.05, 4.69) is 0 Å². The molecule has 0 saturated heterocycles. The second-order valence-corrected chi connectivity index (χ2v) is 4.22. The van der Waals surface area contributed by atoms with E-state index in [-0.39, 0.29) is 11.7 Å². The van der Waals surface area contributed by atoms with Crippen LogP contribution in [0, 0.1) is 0 Å². The van der Waals surface area contributed by atoms with E-state index in [1.54, 1.807) is 13.2 Å². The third-order valence-electron chi connectivity index (χ3n) is 2.29. The Kier molecular flexibility index (Phi) is 3.75. The molecule has 0 atom stereocenters. The summed E-state index contributed by atoms with van der Waals surface area (Å²) in [6.07, 6.45) is 0. The third-order valence-corrected chi connectivity index (χ3v) is 2.51. The number of hydrogen-bond acceptors (Lipinski definition) is 2. The quantitative estimate of drug-likeness (QED) is 0.735. The minimum absolute atomic E-state index is 0.0312. The van der Waals surface area contributed by atoms with Crippen LogP contribution in [0.1, 0.15) is 42.6 Å². The molecule has 0 spiro atoms. The molecule has 0 fully saturated rings. The van der Waals surface area contributed by atoms with Crippen molar-refractivity contribution in [3.8, 4) is 5.75 Å². The van der Waals surface area contributed by atoms with Gasteiger partial charge in [-0.1, -0.05) is 25.4 Å². The number of Topliss-reactive ketones (excluding diaryl/α,β-unsaturated/α-hetero) is 1. The minimum Gasteiger partial charge on any atom is -0.496 e. The van der Waals surface area contributed by atoms with E-state index >= 15 is 0 Å². The van der Waals surface area contributed by atoms with Crippen molar-refractivity contribution in [2.24, 2.45) is 0 Å². The normalized spacial score (nSPS) is 10.5. The van der Waals surface area contributed by atoms with E-state index < -0.39 is 0 Å². The molecule has 0 aliphatic rings. The average Bonchev–Trinajstić information content (AvgIpc) is 2.16. The highest BCUT2D eigenvalue weighted by Crippen LogP contribution is 2.33. The molecule has 1 aromatic rings. The van der Waals surface area contributed by atoms with Gasteiger partial charge in [-0.15, -0.1) is 0 Å². The summed E-state index contributed by atoms with van der Waals surface area (Å²) in [5, 5.41) is 0.574. The van der Waals surface area contributed by atoms with Gasteiger partial charge in [-0.2, -0.15) is 0 Å². The van der Waals surface area contributed by atoms with Crippen LogP contribution in [0.25, 0.3) is 0 Å². The number of benzene rings is 1. The van der Waals surface area contributed by atoms with E-state index in [9.17, 15) is 4.79 Å². The Morgan fingerprint density at radius 1 is 1.40 bits per heavy atom. The van der Waals surface area contributed by atoms with E-state index in [1.165, 1.54) is 6.92 Å². The molecule has 0 saturated carbocycles. The zero-order valence-electron chi connectivity index (χ0n) is 9.43. The first-order valence-corrected chi connectivity index (χ1v) is 5.23. The molecule has 0 amide bonds. The van der Waals surface area contributed by atoms with E-state index in [4.69, 9.17) is 16.3 Å². The lowest BCUT2D eigenvalue weighted by atomic mass is 9.97. The van der Waals surface area contributed by atoms with Gasteiger partial charge in [-0.3, -0.25) is 4.79 Å². The molecule has 0 aliphatic heterocycles. The molecule has 0 N–H and O–H groups in total. The highest BCUT2D eigenvalue weighted by molar-refractivity contribution is 6.31. The summed E-state index contributed by atoms with van der Waals surface area (Å²) in [5.74, 6) is 0.884. The number of carbonyl (C=O) groups is 1. The lowest BCUT2D eigenvalue weighted by Crippen LogP contribution is -2.02. The van der Waals surface area contributed by atoms with Crippen LogP contribution in [0.15, 0.2) is 12.1 Å². The largest absolute Gasteiger partial charge is 0.496 e. The smallest absolute Gasteiger partial charge is 0.163 e. The molecule has 15 heavy (non-hydrogen) atoms. The summed E-state index contributed by atoms with van der Waals surface area (Å²) in [5.41, 5.74) is 1.52. The molecule has 2 nitrogen and oxygen atoms in total. The van der Waals surface area contributed by atoms with E-state index in [0.717, 1.165) is 5.56 Å². The van der Waals surface area contributed by atoms with Crippen molar-refractivity contribution in [1.29, 1.82) is 0 Å².